The molecule has 1 aliphatic heterocycles. The number of anilines is 2. The smallest absolute Gasteiger partial charge is 0.391 e. The first-order valence-corrected chi connectivity index (χ1v) is 8.24. The van der Waals surface area contributed by atoms with Gasteiger partial charge in [-0.1, -0.05) is 30.3 Å². The first-order valence-electron chi connectivity index (χ1n) is 8.24. The van der Waals surface area contributed by atoms with Crippen LogP contribution in [0, 0.1) is 5.92 Å². The summed E-state index contributed by atoms with van der Waals surface area (Å²) in [4.78, 5) is 1.99. The van der Waals surface area contributed by atoms with E-state index < -0.39 is 12.1 Å². The largest absolute Gasteiger partial charge is 0.495 e. The van der Waals surface area contributed by atoms with Crippen molar-refractivity contribution in [2.24, 2.45) is 5.92 Å². The van der Waals surface area contributed by atoms with Crippen LogP contribution in [0.1, 0.15) is 12.8 Å². The molecule has 2 aromatic rings. The molecule has 0 radical (unpaired) electrons. The quantitative estimate of drug-likeness (QED) is 0.814. The van der Waals surface area contributed by atoms with Crippen LogP contribution in [-0.4, -0.2) is 26.4 Å². The summed E-state index contributed by atoms with van der Waals surface area (Å²) in [5.41, 5.74) is 9.31. The Hall–Kier alpha value is -2.37. The fourth-order valence-corrected chi connectivity index (χ4v) is 3.32. The van der Waals surface area contributed by atoms with Crippen LogP contribution in [0.5, 0.6) is 5.75 Å². The molecule has 2 N–H and O–H groups in total. The van der Waals surface area contributed by atoms with Crippen LogP contribution < -0.4 is 15.4 Å². The number of ether oxygens (including phenoxy) is 1. The molecule has 6 heteroatoms. The first-order chi connectivity index (χ1) is 11.9. The molecule has 1 fully saturated rings. The van der Waals surface area contributed by atoms with Crippen LogP contribution >= 0.6 is 0 Å². The molecule has 1 heterocycles. The third kappa shape index (κ3) is 3.67. The van der Waals surface area contributed by atoms with Crippen molar-refractivity contribution in [3.63, 3.8) is 0 Å². The van der Waals surface area contributed by atoms with Crippen molar-refractivity contribution in [2.75, 3.05) is 30.8 Å². The highest BCUT2D eigenvalue weighted by Gasteiger charge is 2.41. The minimum Gasteiger partial charge on any atom is -0.495 e. The second kappa shape index (κ2) is 6.86. The number of halogens is 3. The Morgan fingerprint density at radius 2 is 1.72 bits per heavy atom. The average Bonchev–Trinajstić information content (AvgIpc) is 2.61. The minimum atomic E-state index is -4.12. The predicted molar refractivity (Wildman–Crippen MR) is 93.8 cm³/mol. The Morgan fingerprint density at radius 1 is 1.08 bits per heavy atom. The number of nitrogens with zero attached hydrogens (tertiary/aromatic N) is 1. The molecule has 1 saturated heterocycles. The first kappa shape index (κ1) is 17.5. The minimum absolute atomic E-state index is 0.102. The molecule has 0 bridgehead atoms. The van der Waals surface area contributed by atoms with Gasteiger partial charge in [0, 0.05) is 30.4 Å². The van der Waals surface area contributed by atoms with Gasteiger partial charge in [0.2, 0.25) is 0 Å². The summed E-state index contributed by atoms with van der Waals surface area (Å²) in [6, 6.07) is 13.4. The molecule has 0 unspecified atom stereocenters. The van der Waals surface area contributed by atoms with Crippen LogP contribution in [0.25, 0.3) is 11.1 Å². The lowest BCUT2D eigenvalue weighted by Crippen LogP contribution is -2.39. The number of nitrogens with two attached hydrogens (primary N) is 1. The van der Waals surface area contributed by atoms with Crippen molar-refractivity contribution in [1.82, 2.24) is 0 Å². The molecular weight excluding hydrogens is 329 g/mol. The fourth-order valence-electron chi connectivity index (χ4n) is 3.32. The predicted octanol–water partition coefficient (Wildman–Crippen LogP) is 4.72. The molecule has 0 aliphatic carbocycles. The van der Waals surface area contributed by atoms with Crippen LogP contribution in [0.3, 0.4) is 0 Å². The molecule has 0 atom stereocenters. The van der Waals surface area contributed by atoms with Gasteiger partial charge in [0.15, 0.2) is 0 Å². The molecular formula is C19H21F3N2O. The van der Waals surface area contributed by atoms with Gasteiger partial charge in [-0.2, -0.15) is 13.2 Å². The normalized spacial score (nSPS) is 16.1. The van der Waals surface area contributed by atoms with E-state index in [9.17, 15) is 13.2 Å². The lowest BCUT2D eigenvalue weighted by Gasteiger charge is -2.35. The summed E-state index contributed by atoms with van der Waals surface area (Å²) in [6.07, 6.45) is -3.91. The molecule has 134 valence electrons. The second-order valence-electron chi connectivity index (χ2n) is 6.28. The van der Waals surface area contributed by atoms with Gasteiger partial charge in [-0.3, -0.25) is 0 Å². The van der Waals surface area contributed by atoms with Crippen molar-refractivity contribution >= 4 is 11.4 Å². The van der Waals surface area contributed by atoms with Crippen molar-refractivity contribution in [3.8, 4) is 16.9 Å². The summed E-state index contributed by atoms with van der Waals surface area (Å²) in [7, 11) is 1.54. The highest BCUT2D eigenvalue weighted by atomic mass is 19.4. The molecule has 3 rings (SSSR count). The van der Waals surface area contributed by atoms with E-state index in [-0.39, 0.29) is 12.8 Å². The van der Waals surface area contributed by atoms with Gasteiger partial charge in [0.25, 0.3) is 0 Å². The second-order valence-corrected chi connectivity index (χ2v) is 6.28. The van der Waals surface area contributed by atoms with Crippen molar-refractivity contribution in [2.45, 2.75) is 19.0 Å². The van der Waals surface area contributed by atoms with E-state index in [2.05, 4.69) is 0 Å². The number of nitrogen functional groups attached to an aromatic ring is 1. The Bertz CT molecular complexity index is 723. The standard InChI is InChI=1S/C19H21F3N2O/c1-25-18-12-17(24-9-7-14(8-10-24)19(20,21)22)15(11-16(18)23)13-5-3-2-4-6-13/h2-6,11-12,14H,7-10,23H2,1H3. The molecule has 2 aromatic carbocycles. The Labute approximate surface area is 145 Å². The van der Waals surface area contributed by atoms with Gasteiger partial charge >= 0.3 is 6.18 Å². The van der Waals surface area contributed by atoms with E-state index in [4.69, 9.17) is 10.5 Å². The average molecular weight is 350 g/mol. The molecule has 25 heavy (non-hydrogen) atoms. The van der Waals surface area contributed by atoms with E-state index in [1.807, 2.05) is 47.4 Å². The van der Waals surface area contributed by atoms with Crippen LogP contribution in [0.2, 0.25) is 0 Å². The van der Waals surface area contributed by atoms with Gasteiger partial charge in [0.05, 0.1) is 18.7 Å². The van der Waals surface area contributed by atoms with E-state index in [1.165, 1.54) is 7.11 Å². The zero-order chi connectivity index (χ0) is 18.0. The number of hydrogen-bond donors (Lipinski definition) is 1. The van der Waals surface area contributed by atoms with E-state index in [0.29, 0.717) is 24.5 Å². The van der Waals surface area contributed by atoms with Gasteiger partial charge < -0.3 is 15.4 Å². The van der Waals surface area contributed by atoms with Gasteiger partial charge in [0.1, 0.15) is 5.75 Å². The maximum absolute atomic E-state index is 12.9. The van der Waals surface area contributed by atoms with E-state index in [0.717, 1.165) is 16.8 Å². The summed E-state index contributed by atoms with van der Waals surface area (Å²) in [6.45, 7) is 0.716. The number of alkyl halides is 3. The SMILES string of the molecule is COc1cc(N2CCC(C(F)(F)F)CC2)c(-c2ccccc2)cc1N. The Kier molecular flexibility index (Phi) is 4.79. The molecule has 0 spiro atoms. The zero-order valence-electron chi connectivity index (χ0n) is 14.0. The summed E-state index contributed by atoms with van der Waals surface area (Å²) >= 11 is 0. The fraction of sp³-hybridized carbons (Fsp3) is 0.368. The van der Waals surface area contributed by atoms with Crippen molar-refractivity contribution in [1.29, 1.82) is 0 Å². The highest BCUT2D eigenvalue weighted by molar-refractivity contribution is 5.84. The maximum atomic E-state index is 12.9. The van der Waals surface area contributed by atoms with Gasteiger partial charge in [-0.05, 0) is 24.5 Å². The number of benzene rings is 2. The van der Waals surface area contributed by atoms with Crippen molar-refractivity contribution < 1.29 is 17.9 Å². The molecule has 0 aromatic heterocycles. The molecule has 3 nitrogen and oxygen atoms in total. The van der Waals surface area contributed by atoms with E-state index in [1.54, 1.807) is 0 Å². The highest BCUT2D eigenvalue weighted by Crippen LogP contribution is 2.41. The number of hydrogen-bond acceptors (Lipinski definition) is 3. The topological polar surface area (TPSA) is 38.5 Å². The molecule has 0 amide bonds. The number of rotatable bonds is 3. The number of piperidine rings is 1. The summed E-state index contributed by atoms with van der Waals surface area (Å²) < 4.78 is 44.1. The summed E-state index contributed by atoms with van der Waals surface area (Å²) in [5.74, 6) is -0.688. The lowest BCUT2D eigenvalue weighted by atomic mass is 9.94. The third-order valence-electron chi connectivity index (χ3n) is 4.73. The lowest BCUT2D eigenvalue weighted by molar-refractivity contribution is -0.179. The zero-order valence-corrected chi connectivity index (χ0v) is 14.0. The maximum Gasteiger partial charge on any atom is 0.391 e. The third-order valence-corrected chi connectivity index (χ3v) is 4.73. The molecule has 0 saturated carbocycles. The van der Waals surface area contributed by atoms with Crippen molar-refractivity contribution in [3.05, 3.63) is 42.5 Å². The molecule has 1 aliphatic rings. The van der Waals surface area contributed by atoms with Crippen LogP contribution in [0.4, 0.5) is 24.5 Å². The number of methoxy groups -OCH3 is 1. The van der Waals surface area contributed by atoms with Gasteiger partial charge in [-0.25, -0.2) is 0 Å². The van der Waals surface area contributed by atoms with E-state index >= 15 is 0 Å². The van der Waals surface area contributed by atoms with Gasteiger partial charge in [-0.15, -0.1) is 0 Å². The van der Waals surface area contributed by atoms with Crippen LogP contribution in [0.15, 0.2) is 42.5 Å². The Morgan fingerprint density at radius 3 is 2.28 bits per heavy atom. The Balaban J connectivity index is 1.95. The summed E-state index contributed by atoms with van der Waals surface area (Å²) in [5, 5.41) is 0. The van der Waals surface area contributed by atoms with Crippen LogP contribution in [-0.2, 0) is 0 Å². The monoisotopic (exact) mass is 350 g/mol.